The molecule has 0 rings (SSSR count). The summed E-state index contributed by atoms with van der Waals surface area (Å²) in [5, 5.41) is 9.65. The van der Waals surface area contributed by atoms with E-state index >= 15 is 0 Å². The van der Waals surface area contributed by atoms with E-state index < -0.39 is 0 Å². The van der Waals surface area contributed by atoms with Crippen LogP contribution in [0.5, 0.6) is 0 Å². The minimum absolute atomic E-state index is 0.0360. The molecule has 0 spiro atoms. The van der Waals surface area contributed by atoms with Gasteiger partial charge < -0.3 is 5.11 Å². The second-order valence-electron chi connectivity index (χ2n) is 4.91. The Balaban J connectivity index is 3.02. The van der Waals surface area contributed by atoms with Gasteiger partial charge in [0.25, 0.3) is 0 Å². The molecule has 1 radical (unpaired) electrons. The van der Waals surface area contributed by atoms with E-state index in [0.29, 0.717) is 0 Å². The zero-order valence-corrected chi connectivity index (χ0v) is 11.2. The molecule has 0 saturated carbocycles. The molecule has 0 amide bonds. The molecule has 16 heavy (non-hydrogen) atoms. The Morgan fingerprint density at radius 2 is 1.31 bits per heavy atom. The number of aliphatic hydroxyl groups is 1. The highest BCUT2D eigenvalue weighted by Gasteiger charge is 2.02. The van der Waals surface area contributed by atoms with E-state index in [0.717, 1.165) is 19.3 Å². The maximum atomic E-state index is 9.65. The van der Waals surface area contributed by atoms with Crippen LogP contribution in [0.3, 0.4) is 0 Å². The fourth-order valence-corrected chi connectivity index (χ4v) is 2.02. The lowest BCUT2D eigenvalue weighted by atomic mass is 10.0. The van der Waals surface area contributed by atoms with Crippen LogP contribution < -0.4 is 0 Å². The summed E-state index contributed by atoms with van der Waals surface area (Å²) in [5.74, 6) is 0. The van der Waals surface area contributed by atoms with Crippen molar-refractivity contribution in [2.45, 2.75) is 90.1 Å². The number of hydrogen-bond acceptors (Lipinski definition) is 1. The van der Waals surface area contributed by atoms with Gasteiger partial charge >= 0.3 is 0 Å². The van der Waals surface area contributed by atoms with Crippen LogP contribution in [0, 0.1) is 6.92 Å². The summed E-state index contributed by atoms with van der Waals surface area (Å²) in [7, 11) is 0. The van der Waals surface area contributed by atoms with Gasteiger partial charge in [0, 0.05) is 0 Å². The van der Waals surface area contributed by atoms with E-state index in [1.807, 2.05) is 0 Å². The molecule has 1 atom stereocenters. The van der Waals surface area contributed by atoms with Crippen LogP contribution in [0.1, 0.15) is 84.0 Å². The summed E-state index contributed by atoms with van der Waals surface area (Å²) >= 11 is 0. The molecule has 1 N–H and O–H groups in total. The van der Waals surface area contributed by atoms with Crippen LogP contribution in [0.2, 0.25) is 0 Å². The number of rotatable bonds is 12. The highest BCUT2D eigenvalue weighted by atomic mass is 16.3. The topological polar surface area (TPSA) is 20.2 Å². The van der Waals surface area contributed by atoms with Crippen LogP contribution in [0.15, 0.2) is 0 Å². The third-order valence-electron chi connectivity index (χ3n) is 3.18. The molecular weight excluding hydrogens is 196 g/mol. The van der Waals surface area contributed by atoms with Gasteiger partial charge in [-0.2, -0.15) is 0 Å². The van der Waals surface area contributed by atoms with Crippen LogP contribution >= 0.6 is 0 Å². The van der Waals surface area contributed by atoms with Crippen molar-refractivity contribution in [2.24, 2.45) is 0 Å². The van der Waals surface area contributed by atoms with Gasteiger partial charge in [-0.3, -0.25) is 0 Å². The molecule has 0 aromatic rings. The first-order valence-corrected chi connectivity index (χ1v) is 7.28. The van der Waals surface area contributed by atoms with Gasteiger partial charge in [-0.1, -0.05) is 78.1 Å². The molecule has 1 unspecified atom stereocenters. The monoisotopic (exact) mass is 227 g/mol. The number of unbranched alkanes of at least 4 members (excludes halogenated alkanes) is 8. The van der Waals surface area contributed by atoms with Crippen molar-refractivity contribution in [3.05, 3.63) is 6.92 Å². The van der Waals surface area contributed by atoms with Crippen molar-refractivity contribution in [2.75, 3.05) is 0 Å². The van der Waals surface area contributed by atoms with Gasteiger partial charge in [0.15, 0.2) is 0 Å². The van der Waals surface area contributed by atoms with E-state index in [-0.39, 0.29) is 6.10 Å². The number of hydrogen-bond donors (Lipinski definition) is 1. The van der Waals surface area contributed by atoms with E-state index in [1.165, 1.54) is 57.8 Å². The average Bonchev–Trinajstić information content (AvgIpc) is 2.30. The predicted molar refractivity (Wildman–Crippen MR) is 72.4 cm³/mol. The summed E-state index contributed by atoms with van der Waals surface area (Å²) in [6, 6.07) is 0. The fraction of sp³-hybridized carbons (Fsp3) is 0.933. The van der Waals surface area contributed by atoms with Gasteiger partial charge in [-0.05, 0) is 12.8 Å². The van der Waals surface area contributed by atoms with Gasteiger partial charge in [0.2, 0.25) is 0 Å². The smallest absolute Gasteiger partial charge is 0.0540 e. The lowest BCUT2D eigenvalue weighted by Gasteiger charge is -2.09. The molecule has 0 aliphatic heterocycles. The Labute approximate surface area is 103 Å². The summed E-state index contributed by atoms with van der Waals surface area (Å²) < 4.78 is 0. The second-order valence-corrected chi connectivity index (χ2v) is 4.91. The molecule has 0 fully saturated rings. The van der Waals surface area contributed by atoms with E-state index in [4.69, 9.17) is 0 Å². The Morgan fingerprint density at radius 1 is 0.812 bits per heavy atom. The average molecular weight is 227 g/mol. The van der Waals surface area contributed by atoms with Crippen molar-refractivity contribution in [1.82, 2.24) is 0 Å². The number of aliphatic hydroxyl groups excluding tert-OH is 1. The van der Waals surface area contributed by atoms with Crippen molar-refractivity contribution >= 4 is 0 Å². The predicted octanol–water partition coefficient (Wildman–Crippen LogP) is 4.88. The normalized spacial score (nSPS) is 12.9. The van der Waals surface area contributed by atoms with Crippen LogP contribution in [0.4, 0.5) is 0 Å². The SMILES string of the molecule is [CH2]CCCCCCCCCC(O)CCCC. The second kappa shape index (κ2) is 13.0. The van der Waals surface area contributed by atoms with Crippen molar-refractivity contribution < 1.29 is 5.11 Å². The van der Waals surface area contributed by atoms with E-state index in [1.54, 1.807) is 0 Å². The summed E-state index contributed by atoms with van der Waals surface area (Å²) in [4.78, 5) is 0. The zero-order chi connectivity index (χ0) is 12.1. The van der Waals surface area contributed by atoms with Crippen LogP contribution in [-0.2, 0) is 0 Å². The van der Waals surface area contributed by atoms with Gasteiger partial charge in [0.05, 0.1) is 6.10 Å². The maximum Gasteiger partial charge on any atom is 0.0540 e. The summed E-state index contributed by atoms with van der Waals surface area (Å²) in [5.41, 5.74) is 0. The molecule has 97 valence electrons. The third kappa shape index (κ3) is 12.0. The van der Waals surface area contributed by atoms with Crippen molar-refractivity contribution in [3.63, 3.8) is 0 Å². The Morgan fingerprint density at radius 3 is 1.88 bits per heavy atom. The first kappa shape index (κ1) is 16.0. The van der Waals surface area contributed by atoms with Gasteiger partial charge in [-0.15, -0.1) is 0 Å². The van der Waals surface area contributed by atoms with Crippen molar-refractivity contribution in [3.8, 4) is 0 Å². The standard InChI is InChI=1S/C15H31O/c1-3-5-7-8-9-10-11-12-14-15(16)13-6-4-2/h15-16H,1,3-14H2,2H3. The minimum atomic E-state index is -0.0360. The quantitative estimate of drug-likeness (QED) is 0.471. The molecule has 0 bridgehead atoms. The van der Waals surface area contributed by atoms with E-state index in [2.05, 4.69) is 13.8 Å². The van der Waals surface area contributed by atoms with E-state index in [9.17, 15) is 5.11 Å². The van der Waals surface area contributed by atoms with Gasteiger partial charge in [-0.25, -0.2) is 0 Å². The van der Waals surface area contributed by atoms with Gasteiger partial charge in [0.1, 0.15) is 0 Å². The molecule has 1 nitrogen and oxygen atoms in total. The largest absolute Gasteiger partial charge is 0.393 e. The molecule has 0 aliphatic rings. The zero-order valence-electron chi connectivity index (χ0n) is 11.2. The first-order valence-electron chi connectivity index (χ1n) is 7.28. The molecule has 1 heteroatoms. The minimum Gasteiger partial charge on any atom is -0.393 e. The first-order chi connectivity index (χ1) is 7.81. The Bertz CT molecular complexity index is 123. The lowest BCUT2D eigenvalue weighted by molar-refractivity contribution is 0.148. The third-order valence-corrected chi connectivity index (χ3v) is 3.18. The lowest BCUT2D eigenvalue weighted by Crippen LogP contribution is -2.05. The molecule has 0 aromatic heterocycles. The summed E-state index contributed by atoms with van der Waals surface area (Å²) in [6.07, 6.45) is 14.7. The molecular formula is C15H31O. The van der Waals surface area contributed by atoms with Crippen LogP contribution in [0.25, 0.3) is 0 Å². The molecule has 0 saturated heterocycles. The van der Waals surface area contributed by atoms with Crippen LogP contribution in [-0.4, -0.2) is 11.2 Å². The Hall–Kier alpha value is -0.0400. The molecule has 0 aromatic carbocycles. The summed E-state index contributed by atoms with van der Waals surface area (Å²) in [6.45, 7) is 6.03. The maximum absolute atomic E-state index is 9.65. The Kier molecular flexibility index (Phi) is 13.0. The molecule has 0 heterocycles. The molecule has 0 aliphatic carbocycles. The fourth-order valence-electron chi connectivity index (χ4n) is 2.02. The highest BCUT2D eigenvalue weighted by molar-refractivity contribution is 4.56. The van der Waals surface area contributed by atoms with Crippen molar-refractivity contribution in [1.29, 1.82) is 0 Å². The highest BCUT2D eigenvalue weighted by Crippen LogP contribution is 2.12.